The third-order valence-corrected chi connectivity index (χ3v) is 11.9. The molecule has 10 rings (SSSR count). The van der Waals surface area contributed by atoms with E-state index in [1.165, 1.54) is 0 Å². The lowest BCUT2D eigenvalue weighted by atomic mass is 9.80. The molecule has 0 spiro atoms. The molecule has 0 fully saturated rings. The third-order valence-electron chi connectivity index (χ3n) is 11.9. The molecule has 0 aliphatic carbocycles. The Morgan fingerprint density at radius 1 is 0.403 bits per heavy atom. The zero-order valence-electron chi connectivity index (χ0n) is 34.0. The lowest BCUT2D eigenvalue weighted by Gasteiger charge is -2.30. The number of dihydropyridines is 1. The predicted octanol–water partition coefficient (Wildman–Crippen LogP) is 10.5. The average Bonchev–Trinajstić information content (AvgIpc) is 3.29. The van der Waals surface area contributed by atoms with Crippen molar-refractivity contribution in [1.29, 1.82) is 0 Å². The summed E-state index contributed by atoms with van der Waals surface area (Å²) in [6, 6.07) is 44.9. The van der Waals surface area contributed by atoms with Crippen LogP contribution in [0.1, 0.15) is 46.0 Å². The predicted molar refractivity (Wildman–Crippen MR) is 240 cm³/mol. The standard InChI is InChI=1S/C53H39NO8/c1-30-43(52(57)61-28-26-59-50(55)41-24-20-37-16-14-33-10-6-12-35-18-22-39(41)47(37)45(33)35)49(32-8-4-3-5-9-32)44(31(2)54-30)53(58)62-29-27-60-51(56)42-25-21-38-17-15-34-11-7-13-36-19-23-40(42)48(38)46(34)36/h3-25,49,54H,26-29H2,1-2H3. The zero-order chi connectivity index (χ0) is 42.5. The number of esters is 4. The Balaban J connectivity index is 0.806. The molecule has 62 heavy (non-hydrogen) atoms. The van der Waals surface area contributed by atoms with Gasteiger partial charge in [0.1, 0.15) is 26.4 Å². The van der Waals surface area contributed by atoms with Crippen molar-refractivity contribution in [2.75, 3.05) is 26.4 Å². The molecule has 1 aliphatic heterocycles. The number of benzene rings is 9. The van der Waals surface area contributed by atoms with Crippen molar-refractivity contribution in [2.45, 2.75) is 19.8 Å². The molecule has 9 nitrogen and oxygen atoms in total. The van der Waals surface area contributed by atoms with E-state index in [4.69, 9.17) is 18.9 Å². The third kappa shape index (κ3) is 6.59. The smallest absolute Gasteiger partial charge is 0.338 e. The van der Waals surface area contributed by atoms with E-state index in [1.54, 1.807) is 26.0 Å². The zero-order valence-corrected chi connectivity index (χ0v) is 34.0. The van der Waals surface area contributed by atoms with Crippen LogP contribution in [0.15, 0.2) is 162 Å². The summed E-state index contributed by atoms with van der Waals surface area (Å²) >= 11 is 0. The molecule has 1 heterocycles. The number of hydrogen-bond acceptors (Lipinski definition) is 9. The van der Waals surface area contributed by atoms with Crippen LogP contribution in [0.3, 0.4) is 0 Å². The normalized spacial score (nSPS) is 13.5. The fourth-order valence-electron chi connectivity index (χ4n) is 9.19. The molecule has 0 saturated heterocycles. The lowest BCUT2D eigenvalue weighted by Crippen LogP contribution is -2.33. The van der Waals surface area contributed by atoms with Gasteiger partial charge < -0.3 is 24.3 Å². The van der Waals surface area contributed by atoms with E-state index in [0.29, 0.717) is 28.1 Å². The molecule has 304 valence electrons. The maximum atomic E-state index is 13.9. The van der Waals surface area contributed by atoms with Crippen LogP contribution in [0.2, 0.25) is 0 Å². The molecule has 0 bridgehead atoms. The average molecular weight is 818 g/mol. The van der Waals surface area contributed by atoms with Gasteiger partial charge in [0.05, 0.1) is 28.2 Å². The topological polar surface area (TPSA) is 117 Å². The Hall–Kier alpha value is -7.78. The van der Waals surface area contributed by atoms with Gasteiger partial charge in [-0.2, -0.15) is 0 Å². The summed E-state index contributed by atoms with van der Waals surface area (Å²) in [6.07, 6.45) is 0. The number of nitrogens with one attached hydrogen (secondary N) is 1. The number of hydrogen-bond donors (Lipinski definition) is 1. The van der Waals surface area contributed by atoms with Gasteiger partial charge in [-0.1, -0.05) is 127 Å². The fourth-order valence-corrected chi connectivity index (χ4v) is 9.19. The van der Waals surface area contributed by atoms with Gasteiger partial charge in [0.15, 0.2) is 0 Å². The summed E-state index contributed by atoms with van der Waals surface area (Å²) < 4.78 is 22.7. The van der Waals surface area contributed by atoms with Gasteiger partial charge in [-0.25, -0.2) is 19.2 Å². The van der Waals surface area contributed by atoms with Crippen molar-refractivity contribution in [3.05, 3.63) is 179 Å². The van der Waals surface area contributed by atoms with Gasteiger partial charge in [-0.15, -0.1) is 0 Å². The number of rotatable bonds is 11. The van der Waals surface area contributed by atoms with Crippen LogP contribution >= 0.6 is 0 Å². The van der Waals surface area contributed by atoms with E-state index in [9.17, 15) is 19.2 Å². The summed E-state index contributed by atoms with van der Waals surface area (Å²) in [7, 11) is 0. The van der Waals surface area contributed by atoms with Gasteiger partial charge >= 0.3 is 23.9 Å². The molecule has 9 aromatic carbocycles. The minimum Gasteiger partial charge on any atom is -0.459 e. The summed E-state index contributed by atoms with van der Waals surface area (Å²) in [5.74, 6) is -3.25. The van der Waals surface area contributed by atoms with Gasteiger partial charge in [0.2, 0.25) is 0 Å². The summed E-state index contributed by atoms with van der Waals surface area (Å²) in [5, 5.41) is 15.3. The molecule has 0 radical (unpaired) electrons. The Labute approximate surface area is 355 Å². The summed E-state index contributed by atoms with van der Waals surface area (Å²) in [6.45, 7) is 2.69. The maximum absolute atomic E-state index is 13.9. The fraction of sp³-hybridized carbons (Fsp3) is 0.132. The minimum atomic E-state index is -0.836. The molecule has 0 atom stereocenters. The maximum Gasteiger partial charge on any atom is 0.338 e. The summed E-state index contributed by atoms with van der Waals surface area (Å²) in [4.78, 5) is 54.8. The van der Waals surface area contributed by atoms with Crippen LogP contribution in [-0.4, -0.2) is 50.3 Å². The second-order valence-electron chi connectivity index (χ2n) is 15.5. The molecule has 9 heteroatoms. The number of ether oxygens (including phenoxy) is 4. The Morgan fingerprint density at radius 2 is 0.758 bits per heavy atom. The molecule has 1 N–H and O–H groups in total. The number of carbonyl (C=O) groups is 4. The van der Waals surface area contributed by atoms with E-state index in [2.05, 4.69) is 41.7 Å². The first-order chi connectivity index (χ1) is 30.3. The van der Waals surface area contributed by atoms with Crippen LogP contribution in [0.25, 0.3) is 64.6 Å². The highest BCUT2D eigenvalue weighted by Gasteiger charge is 2.38. The minimum absolute atomic E-state index is 0.181. The second kappa shape index (κ2) is 15.7. The van der Waals surface area contributed by atoms with Crippen LogP contribution in [0.4, 0.5) is 0 Å². The highest BCUT2D eigenvalue weighted by atomic mass is 16.6. The van der Waals surface area contributed by atoms with Crippen molar-refractivity contribution in [2.24, 2.45) is 0 Å². The van der Waals surface area contributed by atoms with E-state index in [0.717, 1.165) is 64.6 Å². The lowest BCUT2D eigenvalue weighted by molar-refractivity contribution is -0.141. The van der Waals surface area contributed by atoms with E-state index in [-0.39, 0.29) is 37.6 Å². The van der Waals surface area contributed by atoms with Crippen LogP contribution in [-0.2, 0) is 28.5 Å². The molecule has 0 amide bonds. The molecular weight excluding hydrogens is 779 g/mol. The molecule has 0 saturated carbocycles. The van der Waals surface area contributed by atoms with E-state index < -0.39 is 29.8 Å². The van der Waals surface area contributed by atoms with Crippen LogP contribution in [0.5, 0.6) is 0 Å². The van der Waals surface area contributed by atoms with E-state index in [1.807, 2.05) is 91.0 Å². The second-order valence-corrected chi connectivity index (χ2v) is 15.5. The number of carbonyl (C=O) groups excluding carboxylic acids is 4. The van der Waals surface area contributed by atoms with Crippen LogP contribution < -0.4 is 5.32 Å². The largest absolute Gasteiger partial charge is 0.459 e. The highest BCUT2D eigenvalue weighted by Crippen LogP contribution is 2.40. The quantitative estimate of drug-likeness (QED) is 0.0589. The Kier molecular flexibility index (Phi) is 9.71. The van der Waals surface area contributed by atoms with Crippen molar-refractivity contribution >= 4 is 88.5 Å². The molecule has 0 aromatic heterocycles. The Morgan fingerprint density at radius 3 is 1.18 bits per heavy atom. The van der Waals surface area contributed by atoms with Crippen molar-refractivity contribution < 1.29 is 38.1 Å². The number of allylic oxidation sites excluding steroid dienone is 2. The first-order valence-corrected chi connectivity index (χ1v) is 20.5. The van der Waals surface area contributed by atoms with Crippen molar-refractivity contribution in [3.8, 4) is 0 Å². The van der Waals surface area contributed by atoms with Gasteiger partial charge in [-0.3, -0.25) is 0 Å². The molecular formula is C53H39NO8. The molecule has 1 aliphatic rings. The Bertz CT molecular complexity index is 3100. The summed E-state index contributed by atoms with van der Waals surface area (Å²) in [5.41, 5.74) is 2.96. The van der Waals surface area contributed by atoms with Crippen molar-refractivity contribution in [3.63, 3.8) is 0 Å². The molecule has 0 unspecified atom stereocenters. The van der Waals surface area contributed by atoms with Gasteiger partial charge in [0.25, 0.3) is 0 Å². The van der Waals surface area contributed by atoms with Crippen molar-refractivity contribution in [1.82, 2.24) is 5.32 Å². The highest BCUT2D eigenvalue weighted by molar-refractivity contribution is 6.27. The molecule has 9 aromatic rings. The van der Waals surface area contributed by atoms with E-state index >= 15 is 0 Å². The van der Waals surface area contributed by atoms with Gasteiger partial charge in [-0.05, 0) is 96.2 Å². The SMILES string of the molecule is CC1=C(C(=O)OCCOC(=O)c2ccc3ccc4cccc5ccc2c3c45)C(c2ccccc2)C(C(=O)OCCOC(=O)c2ccc3ccc4cccc5ccc2c3c45)=C(C)N1. The first kappa shape index (κ1) is 38.4. The van der Waals surface area contributed by atoms with Gasteiger partial charge in [0, 0.05) is 11.4 Å². The monoisotopic (exact) mass is 817 g/mol. The van der Waals surface area contributed by atoms with Crippen LogP contribution in [0, 0.1) is 0 Å². The first-order valence-electron chi connectivity index (χ1n) is 20.5.